The maximum absolute atomic E-state index is 12.2. The molecule has 1 aliphatic heterocycles. The van der Waals surface area contributed by atoms with Crippen molar-refractivity contribution in [3.63, 3.8) is 0 Å². The molecule has 1 saturated heterocycles. The molecule has 1 fully saturated rings. The molecule has 0 radical (unpaired) electrons. The third-order valence-electron chi connectivity index (χ3n) is 2.05. The molecule has 1 aliphatic rings. The Morgan fingerprint density at radius 1 is 1.53 bits per heavy atom. The van der Waals surface area contributed by atoms with Gasteiger partial charge in [-0.15, -0.1) is 0 Å². The summed E-state index contributed by atoms with van der Waals surface area (Å²) in [6.45, 7) is 0.0611. The predicted octanol–water partition coefficient (Wildman–Crippen LogP) is 0.198. The number of hydrogen-bond acceptors (Lipinski definition) is 4. The minimum absolute atomic E-state index is 0.0611. The highest BCUT2D eigenvalue weighted by Crippen LogP contribution is 2.21. The van der Waals surface area contributed by atoms with E-state index in [0.29, 0.717) is 5.75 Å². The van der Waals surface area contributed by atoms with E-state index in [1.165, 1.54) is 11.8 Å². The minimum Gasteiger partial charge on any atom is -0.319 e. The van der Waals surface area contributed by atoms with Crippen LogP contribution in [0.2, 0.25) is 0 Å². The van der Waals surface area contributed by atoms with Crippen LogP contribution < -0.4 is 0 Å². The Hall–Kier alpha value is -0.370. The Morgan fingerprint density at radius 2 is 2.13 bits per heavy atom. The number of carbonyl (C=O) groups excluding carboxylic acids is 1. The summed E-state index contributed by atoms with van der Waals surface area (Å²) >= 11 is 1.34. The number of rotatable bonds is 2. The third-order valence-corrected chi connectivity index (χ3v) is 4.69. The van der Waals surface area contributed by atoms with Crippen molar-refractivity contribution in [1.29, 1.82) is 0 Å². The first-order valence-electron chi connectivity index (χ1n) is 4.19. The van der Waals surface area contributed by atoms with Crippen molar-refractivity contribution >= 4 is 27.5 Å². The van der Waals surface area contributed by atoms with E-state index < -0.39 is 27.5 Å². The van der Waals surface area contributed by atoms with E-state index in [2.05, 4.69) is 0 Å². The summed E-state index contributed by atoms with van der Waals surface area (Å²) in [6, 6.07) is 0. The molecule has 0 bridgehead atoms. The Labute approximate surface area is 90.9 Å². The molecule has 4 nitrogen and oxygen atoms in total. The van der Waals surface area contributed by atoms with E-state index in [9.17, 15) is 22.0 Å². The summed E-state index contributed by atoms with van der Waals surface area (Å²) in [5, 5.41) is -1.11. The van der Waals surface area contributed by atoms with Crippen LogP contribution in [-0.2, 0) is 14.6 Å². The van der Waals surface area contributed by atoms with E-state index in [1.807, 2.05) is 0 Å². The van der Waals surface area contributed by atoms with Gasteiger partial charge in [0.1, 0.15) is 5.37 Å². The van der Waals surface area contributed by atoms with Gasteiger partial charge >= 0.3 is 6.43 Å². The molecular weight excluding hydrogens is 248 g/mol. The maximum Gasteiger partial charge on any atom is 0.315 e. The molecule has 0 aromatic carbocycles. The van der Waals surface area contributed by atoms with Crippen LogP contribution in [0.4, 0.5) is 8.78 Å². The lowest BCUT2D eigenvalue weighted by Gasteiger charge is -2.33. The van der Waals surface area contributed by atoms with E-state index in [-0.39, 0.29) is 12.3 Å². The summed E-state index contributed by atoms with van der Waals surface area (Å²) in [4.78, 5) is 11.8. The quantitative estimate of drug-likeness (QED) is 0.711. The smallest absolute Gasteiger partial charge is 0.315 e. The zero-order chi connectivity index (χ0) is 11.6. The van der Waals surface area contributed by atoms with Crippen molar-refractivity contribution in [2.45, 2.75) is 11.8 Å². The minimum atomic E-state index is -3.50. The number of hydrogen-bond donors (Lipinski definition) is 0. The zero-order valence-corrected chi connectivity index (χ0v) is 9.65. The summed E-state index contributed by atoms with van der Waals surface area (Å²) in [5.41, 5.74) is 0. The van der Waals surface area contributed by atoms with Crippen LogP contribution >= 0.6 is 11.8 Å². The lowest BCUT2D eigenvalue weighted by atomic mass is 10.4. The van der Waals surface area contributed by atoms with Crippen molar-refractivity contribution in [3.8, 4) is 0 Å². The van der Waals surface area contributed by atoms with Crippen molar-refractivity contribution in [1.82, 2.24) is 4.90 Å². The van der Waals surface area contributed by atoms with E-state index in [1.54, 1.807) is 0 Å². The molecule has 1 atom stereocenters. The van der Waals surface area contributed by atoms with E-state index >= 15 is 0 Å². The zero-order valence-electron chi connectivity index (χ0n) is 8.02. The number of alkyl halides is 2. The van der Waals surface area contributed by atoms with Gasteiger partial charge in [-0.2, -0.15) is 20.5 Å². The average Bonchev–Trinajstić information content (AvgIpc) is 2.15. The molecule has 0 aromatic heterocycles. The highest BCUT2D eigenvalue weighted by atomic mass is 32.2. The number of thioether (sulfide) groups is 1. The second-order valence-electron chi connectivity index (χ2n) is 3.19. The maximum atomic E-state index is 12.2. The number of sulfone groups is 1. The molecule has 8 heteroatoms. The van der Waals surface area contributed by atoms with Crippen molar-refractivity contribution < 1.29 is 22.0 Å². The molecule has 0 aliphatic carbocycles. The molecule has 0 aromatic rings. The fourth-order valence-electron chi connectivity index (χ4n) is 1.31. The Kier molecular flexibility index (Phi) is 3.93. The second kappa shape index (κ2) is 4.65. The molecule has 1 unspecified atom stereocenters. The van der Waals surface area contributed by atoms with Gasteiger partial charge in [0.15, 0.2) is 9.84 Å². The summed E-state index contributed by atoms with van der Waals surface area (Å²) in [7, 11) is -3.50. The van der Waals surface area contributed by atoms with Gasteiger partial charge in [-0.25, -0.2) is 8.42 Å². The van der Waals surface area contributed by atoms with Crippen LogP contribution in [0.3, 0.4) is 0 Å². The van der Waals surface area contributed by atoms with Crippen LogP contribution in [0.1, 0.15) is 0 Å². The van der Waals surface area contributed by atoms with Gasteiger partial charge in [0.25, 0.3) is 5.91 Å². The molecule has 0 spiro atoms. The third kappa shape index (κ3) is 3.04. The average molecular weight is 259 g/mol. The summed E-state index contributed by atoms with van der Waals surface area (Å²) in [5.74, 6) is -0.743. The van der Waals surface area contributed by atoms with E-state index in [4.69, 9.17) is 0 Å². The normalized spacial score (nSPS) is 23.2. The van der Waals surface area contributed by atoms with Crippen molar-refractivity contribution in [3.05, 3.63) is 0 Å². The van der Waals surface area contributed by atoms with Crippen LogP contribution in [0.15, 0.2) is 0 Å². The Balaban J connectivity index is 2.89. The summed E-state index contributed by atoms with van der Waals surface area (Å²) in [6.07, 6.45) is -2.19. The van der Waals surface area contributed by atoms with Crippen molar-refractivity contribution in [2.24, 2.45) is 0 Å². The van der Waals surface area contributed by atoms with Gasteiger partial charge in [-0.05, 0) is 0 Å². The highest BCUT2D eigenvalue weighted by molar-refractivity contribution is 8.00. The van der Waals surface area contributed by atoms with Crippen LogP contribution in [0, 0.1) is 0 Å². The SMILES string of the molecule is CS(=O)(=O)C1CSCCN1C(=O)C(F)F. The van der Waals surface area contributed by atoms with E-state index in [0.717, 1.165) is 11.2 Å². The number of halogens is 2. The summed E-state index contributed by atoms with van der Waals surface area (Å²) < 4.78 is 46.9. The molecule has 1 amide bonds. The van der Waals surface area contributed by atoms with Crippen LogP contribution in [0.5, 0.6) is 0 Å². The van der Waals surface area contributed by atoms with Gasteiger partial charge in [0.05, 0.1) is 0 Å². The molecule has 1 heterocycles. The fourth-order valence-corrected chi connectivity index (χ4v) is 4.14. The van der Waals surface area contributed by atoms with Gasteiger partial charge in [-0.3, -0.25) is 4.79 Å². The van der Waals surface area contributed by atoms with Gasteiger partial charge in [-0.1, -0.05) is 0 Å². The molecule has 1 rings (SSSR count). The van der Waals surface area contributed by atoms with Crippen LogP contribution in [-0.4, -0.2) is 55.3 Å². The first-order chi connectivity index (χ1) is 6.84. The van der Waals surface area contributed by atoms with Gasteiger partial charge in [0, 0.05) is 24.3 Å². The highest BCUT2D eigenvalue weighted by Gasteiger charge is 2.37. The topological polar surface area (TPSA) is 54.5 Å². The first kappa shape index (κ1) is 12.7. The van der Waals surface area contributed by atoms with Gasteiger partial charge < -0.3 is 4.90 Å². The standard InChI is InChI=1S/C7H11F2NO3S2/c1-15(12,13)5-4-14-3-2-10(5)7(11)6(8)9/h5-6H,2-4H2,1H3. The number of amides is 1. The van der Waals surface area contributed by atoms with Crippen LogP contribution in [0.25, 0.3) is 0 Å². The fraction of sp³-hybridized carbons (Fsp3) is 0.857. The molecule has 0 saturated carbocycles. The molecule has 0 N–H and O–H groups in total. The Morgan fingerprint density at radius 3 is 2.60 bits per heavy atom. The lowest BCUT2D eigenvalue weighted by Crippen LogP contribution is -2.51. The van der Waals surface area contributed by atoms with Crippen molar-refractivity contribution in [2.75, 3.05) is 24.3 Å². The number of nitrogens with zero attached hydrogens (tertiary/aromatic N) is 1. The Bertz CT molecular complexity index is 344. The second-order valence-corrected chi connectivity index (χ2v) is 6.54. The molecular formula is C7H11F2NO3S2. The monoisotopic (exact) mass is 259 g/mol. The lowest BCUT2D eigenvalue weighted by molar-refractivity contribution is -0.143. The largest absolute Gasteiger partial charge is 0.319 e. The number of carbonyl (C=O) groups is 1. The predicted molar refractivity (Wildman–Crippen MR) is 53.7 cm³/mol. The first-order valence-corrected chi connectivity index (χ1v) is 7.30. The molecule has 15 heavy (non-hydrogen) atoms. The van der Waals surface area contributed by atoms with Gasteiger partial charge in [0.2, 0.25) is 0 Å². The molecule has 88 valence electrons.